The summed E-state index contributed by atoms with van der Waals surface area (Å²) in [6.07, 6.45) is 6.07. The highest BCUT2D eigenvalue weighted by molar-refractivity contribution is 7.07. The van der Waals surface area contributed by atoms with Crippen molar-refractivity contribution in [1.82, 2.24) is 15.6 Å². The number of urea groups is 1. The van der Waals surface area contributed by atoms with Crippen LogP contribution in [0.1, 0.15) is 38.5 Å². The molecule has 1 aromatic carbocycles. The van der Waals surface area contributed by atoms with Gasteiger partial charge in [-0.15, -0.1) is 11.3 Å². The van der Waals surface area contributed by atoms with Crippen LogP contribution < -0.4 is 16.0 Å². The van der Waals surface area contributed by atoms with Crippen LogP contribution in [0.4, 0.5) is 10.5 Å². The molecule has 1 aliphatic rings. The third-order valence-electron chi connectivity index (χ3n) is 4.48. The van der Waals surface area contributed by atoms with Crippen LogP contribution in [0.2, 0.25) is 0 Å². The Hall–Kier alpha value is -2.41. The summed E-state index contributed by atoms with van der Waals surface area (Å²) in [7, 11) is 0. The van der Waals surface area contributed by atoms with E-state index in [1.165, 1.54) is 19.3 Å². The number of carbonyl (C=O) groups is 2. The van der Waals surface area contributed by atoms with Crippen LogP contribution in [-0.4, -0.2) is 29.5 Å². The summed E-state index contributed by atoms with van der Waals surface area (Å²) in [6.45, 7) is 0.321. The summed E-state index contributed by atoms with van der Waals surface area (Å²) in [4.78, 5) is 28.1. The Morgan fingerprint density at radius 3 is 2.58 bits per heavy atom. The van der Waals surface area contributed by atoms with Gasteiger partial charge >= 0.3 is 6.03 Å². The van der Waals surface area contributed by atoms with Crippen LogP contribution in [0, 0.1) is 0 Å². The average Bonchev–Trinajstić information content (AvgIpc) is 3.18. The molecule has 0 aliphatic heterocycles. The fourth-order valence-corrected chi connectivity index (χ4v) is 3.65. The lowest BCUT2D eigenvalue weighted by molar-refractivity contribution is -0.121. The maximum absolute atomic E-state index is 11.9. The molecule has 26 heavy (non-hydrogen) atoms. The van der Waals surface area contributed by atoms with Gasteiger partial charge in [-0.05, 0) is 25.0 Å². The largest absolute Gasteiger partial charge is 0.353 e. The Kier molecular flexibility index (Phi) is 6.60. The van der Waals surface area contributed by atoms with Crippen molar-refractivity contribution >= 4 is 29.0 Å². The second-order valence-electron chi connectivity index (χ2n) is 6.48. The standard InChI is InChI=1S/C19H24N4O2S/c24-18(22-15-4-2-1-3-5-15)10-11-20-19(25)23-16-8-6-14(7-9-16)17-12-26-13-21-17/h6-9,12-13,15H,1-5,10-11H2,(H,22,24)(H2,20,23,25). The topological polar surface area (TPSA) is 83.1 Å². The van der Waals surface area contributed by atoms with Crippen molar-refractivity contribution < 1.29 is 9.59 Å². The van der Waals surface area contributed by atoms with Gasteiger partial charge in [-0.3, -0.25) is 4.79 Å². The van der Waals surface area contributed by atoms with Gasteiger partial charge in [0.25, 0.3) is 0 Å². The van der Waals surface area contributed by atoms with Gasteiger partial charge in [0.05, 0.1) is 11.2 Å². The zero-order valence-corrected chi connectivity index (χ0v) is 15.5. The highest BCUT2D eigenvalue weighted by Gasteiger charge is 2.15. The van der Waals surface area contributed by atoms with Gasteiger partial charge in [-0.25, -0.2) is 9.78 Å². The normalized spacial score (nSPS) is 14.6. The highest BCUT2D eigenvalue weighted by Crippen LogP contribution is 2.21. The molecule has 0 spiro atoms. The average molecular weight is 372 g/mol. The van der Waals surface area contributed by atoms with Crippen LogP contribution in [0.15, 0.2) is 35.2 Å². The fourth-order valence-electron chi connectivity index (χ4n) is 3.09. The van der Waals surface area contributed by atoms with E-state index < -0.39 is 0 Å². The minimum Gasteiger partial charge on any atom is -0.353 e. The van der Waals surface area contributed by atoms with E-state index in [1.54, 1.807) is 16.8 Å². The van der Waals surface area contributed by atoms with Crippen LogP contribution in [0.25, 0.3) is 11.3 Å². The summed E-state index contributed by atoms with van der Waals surface area (Å²) in [5.41, 5.74) is 4.43. The lowest BCUT2D eigenvalue weighted by Gasteiger charge is -2.22. The van der Waals surface area contributed by atoms with Gasteiger partial charge in [-0.2, -0.15) is 0 Å². The Balaban J connectivity index is 1.36. The molecule has 1 aromatic heterocycles. The van der Waals surface area contributed by atoms with Gasteiger partial charge in [0.2, 0.25) is 5.91 Å². The molecule has 6 nitrogen and oxygen atoms in total. The Bertz CT molecular complexity index is 710. The van der Waals surface area contributed by atoms with E-state index in [0.29, 0.717) is 24.7 Å². The number of benzene rings is 1. The monoisotopic (exact) mass is 372 g/mol. The van der Waals surface area contributed by atoms with E-state index in [0.717, 1.165) is 24.1 Å². The van der Waals surface area contributed by atoms with Crippen molar-refractivity contribution in [2.24, 2.45) is 0 Å². The second-order valence-corrected chi connectivity index (χ2v) is 7.20. The van der Waals surface area contributed by atoms with Crippen LogP contribution >= 0.6 is 11.3 Å². The fraction of sp³-hybridized carbons (Fsp3) is 0.421. The van der Waals surface area contributed by atoms with Crippen molar-refractivity contribution in [1.29, 1.82) is 0 Å². The number of anilines is 1. The zero-order chi connectivity index (χ0) is 18.2. The van der Waals surface area contributed by atoms with E-state index in [2.05, 4.69) is 20.9 Å². The Labute approximate surface area is 157 Å². The summed E-state index contributed by atoms with van der Waals surface area (Å²) < 4.78 is 0. The molecule has 2 aromatic rings. The third-order valence-corrected chi connectivity index (χ3v) is 5.07. The number of nitrogens with zero attached hydrogens (tertiary/aromatic N) is 1. The van der Waals surface area contributed by atoms with Gasteiger partial charge < -0.3 is 16.0 Å². The summed E-state index contributed by atoms with van der Waals surface area (Å²) in [5.74, 6) is 0.00446. The molecular weight excluding hydrogens is 348 g/mol. The predicted molar refractivity (Wildman–Crippen MR) is 104 cm³/mol. The van der Waals surface area contributed by atoms with Gasteiger partial charge in [0.1, 0.15) is 0 Å². The van der Waals surface area contributed by atoms with Gasteiger partial charge in [-0.1, -0.05) is 31.4 Å². The molecule has 1 saturated carbocycles. The number of hydrogen-bond donors (Lipinski definition) is 3. The molecular formula is C19H24N4O2S. The van der Waals surface area contributed by atoms with Crippen LogP contribution in [0.5, 0.6) is 0 Å². The first-order valence-corrected chi connectivity index (χ1v) is 9.98. The molecule has 3 N–H and O–H groups in total. The molecule has 0 bridgehead atoms. The van der Waals surface area contributed by atoms with Crippen molar-refractivity contribution in [3.63, 3.8) is 0 Å². The molecule has 1 heterocycles. The van der Waals surface area contributed by atoms with E-state index in [1.807, 2.05) is 29.6 Å². The number of thiazole rings is 1. The maximum atomic E-state index is 11.9. The summed E-state index contributed by atoms with van der Waals surface area (Å²) in [5, 5.41) is 10.5. The molecule has 3 amide bonds. The lowest BCUT2D eigenvalue weighted by atomic mass is 9.95. The van der Waals surface area contributed by atoms with E-state index in [9.17, 15) is 9.59 Å². The first kappa shape index (κ1) is 18.4. The molecule has 0 radical (unpaired) electrons. The molecule has 0 atom stereocenters. The molecule has 7 heteroatoms. The molecule has 0 saturated heterocycles. The molecule has 138 valence electrons. The molecule has 3 rings (SSSR count). The smallest absolute Gasteiger partial charge is 0.319 e. The van der Waals surface area contributed by atoms with Gasteiger partial charge in [0.15, 0.2) is 0 Å². The number of rotatable bonds is 6. The zero-order valence-electron chi connectivity index (χ0n) is 14.7. The second kappa shape index (κ2) is 9.33. The molecule has 0 unspecified atom stereocenters. The Morgan fingerprint density at radius 1 is 1.12 bits per heavy atom. The van der Waals surface area contributed by atoms with Crippen LogP contribution in [0.3, 0.4) is 0 Å². The minimum atomic E-state index is -0.308. The predicted octanol–water partition coefficient (Wildman–Crippen LogP) is 3.77. The number of aromatic nitrogens is 1. The Morgan fingerprint density at radius 2 is 1.88 bits per heavy atom. The quantitative estimate of drug-likeness (QED) is 0.722. The minimum absolute atomic E-state index is 0.00446. The summed E-state index contributed by atoms with van der Waals surface area (Å²) in [6, 6.07) is 7.51. The number of hydrogen-bond acceptors (Lipinski definition) is 4. The number of nitrogens with one attached hydrogen (secondary N) is 3. The first-order valence-electron chi connectivity index (χ1n) is 9.03. The van der Waals surface area contributed by atoms with E-state index >= 15 is 0 Å². The van der Waals surface area contributed by atoms with Gasteiger partial charge in [0, 0.05) is 35.6 Å². The number of carbonyl (C=O) groups excluding carboxylic acids is 2. The molecule has 1 aliphatic carbocycles. The van der Waals surface area contributed by atoms with Crippen molar-refractivity contribution in [3.05, 3.63) is 35.2 Å². The first-order chi connectivity index (χ1) is 12.7. The summed E-state index contributed by atoms with van der Waals surface area (Å²) >= 11 is 1.55. The highest BCUT2D eigenvalue weighted by atomic mass is 32.1. The van der Waals surface area contributed by atoms with Crippen molar-refractivity contribution in [2.45, 2.75) is 44.6 Å². The SMILES string of the molecule is O=C(CCNC(=O)Nc1ccc(-c2cscn2)cc1)NC1CCCCC1. The van der Waals surface area contributed by atoms with Crippen molar-refractivity contribution in [2.75, 3.05) is 11.9 Å². The van der Waals surface area contributed by atoms with Crippen molar-refractivity contribution in [3.8, 4) is 11.3 Å². The van der Waals surface area contributed by atoms with E-state index in [-0.39, 0.29) is 11.9 Å². The molecule has 1 fully saturated rings. The van der Waals surface area contributed by atoms with Crippen LogP contribution in [-0.2, 0) is 4.79 Å². The van der Waals surface area contributed by atoms with E-state index in [4.69, 9.17) is 0 Å². The third kappa shape index (κ3) is 5.56. The lowest BCUT2D eigenvalue weighted by Crippen LogP contribution is -2.38. The maximum Gasteiger partial charge on any atom is 0.319 e. The number of amides is 3.